The number of rotatable bonds is 3. The monoisotopic (exact) mass is 431 g/mol. The standard InChI is InChI=1S/C21H20F3N5O2/c22-17-2-1-16(26-20(30)28-11-21(23,24)12-28)8-18(17)29-10-15-7-14(9-25-19(15)27-29)13-3-5-31-6-4-13/h1-2,7-10,13H,3-6,11-12H2,(H,26,30). The summed E-state index contributed by atoms with van der Waals surface area (Å²) in [5, 5.41) is 7.65. The van der Waals surface area contributed by atoms with Crippen molar-refractivity contribution in [2.24, 2.45) is 0 Å². The van der Waals surface area contributed by atoms with E-state index in [1.165, 1.54) is 22.9 Å². The van der Waals surface area contributed by atoms with Crippen molar-refractivity contribution in [3.05, 3.63) is 48.0 Å². The topological polar surface area (TPSA) is 72.3 Å². The average molecular weight is 431 g/mol. The summed E-state index contributed by atoms with van der Waals surface area (Å²) in [5.41, 5.74) is 1.99. The zero-order valence-corrected chi connectivity index (χ0v) is 16.5. The van der Waals surface area contributed by atoms with E-state index in [1.807, 2.05) is 6.07 Å². The lowest BCUT2D eigenvalue weighted by Crippen LogP contribution is -2.59. The molecule has 2 saturated heterocycles. The second kappa shape index (κ2) is 7.52. The third-order valence-corrected chi connectivity index (χ3v) is 5.65. The lowest BCUT2D eigenvalue weighted by atomic mass is 9.93. The van der Waals surface area contributed by atoms with Gasteiger partial charge in [-0.05, 0) is 48.6 Å². The molecule has 0 saturated carbocycles. The fraction of sp³-hybridized carbons (Fsp3) is 0.381. The molecular formula is C21H20F3N5O2. The number of fused-ring (bicyclic) bond motifs is 1. The van der Waals surface area contributed by atoms with Crippen LogP contribution in [-0.2, 0) is 4.74 Å². The summed E-state index contributed by atoms with van der Waals surface area (Å²) in [6, 6.07) is 5.34. The van der Waals surface area contributed by atoms with Crippen molar-refractivity contribution >= 4 is 22.8 Å². The molecule has 162 valence electrons. The van der Waals surface area contributed by atoms with E-state index in [-0.39, 0.29) is 11.4 Å². The summed E-state index contributed by atoms with van der Waals surface area (Å²) < 4.78 is 47.2. The van der Waals surface area contributed by atoms with Crippen LogP contribution in [0.3, 0.4) is 0 Å². The smallest absolute Gasteiger partial charge is 0.322 e. The fourth-order valence-electron chi connectivity index (χ4n) is 3.93. The summed E-state index contributed by atoms with van der Waals surface area (Å²) in [4.78, 5) is 17.5. The van der Waals surface area contributed by atoms with E-state index in [4.69, 9.17) is 4.74 Å². The van der Waals surface area contributed by atoms with Gasteiger partial charge in [-0.15, -0.1) is 5.10 Å². The number of aromatic nitrogens is 3. The number of pyridine rings is 1. The van der Waals surface area contributed by atoms with Crippen LogP contribution in [0.2, 0.25) is 0 Å². The van der Waals surface area contributed by atoms with Gasteiger partial charge >= 0.3 is 6.03 Å². The minimum atomic E-state index is -2.85. The normalized spacial score (nSPS) is 18.7. The largest absolute Gasteiger partial charge is 0.381 e. The number of carbonyl (C=O) groups excluding carboxylic acids is 1. The van der Waals surface area contributed by atoms with Crippen LogP contribution in [0.25, 0.3) is 16.7 Å². The number of anilines is 1. The molecule has 31 heavy (non-hydrogen) atoms. The molecule has 2 amide bonds. The van der Waals surface area contributed by atoms with Gasteiger partial charge in [-0.2, -0.15) is 0 Å². The molecule has 0 unspecified atom stereocenters. The van der Waals surface area contributed by atoms with Gasteiger partial charge in [-0.1, -0.05) is 0 Å². The van der Waals surface area contributed by atoms with Gasteiger partial charge in [0.05, 0.1) is 13.1 Å². The number of nitrogens with zero attached hydrogens (tertiary/aromatic N) is 4. The van der Waals surface area contributed by atoms with Gasteiger partial charge in [0.15, 0.2) is 5.65 Å². The predicted octanol–water partition coefficient (Wildman–Crippen LogP) is 3.94. The molecule has 0 spiro atoms. The van der Waals surface area contributed by atoms with E-state index in [0.29, 0.717) is 11.6 Å². The number of halogens is 3. The molecule has 1 N–H and O–H groups in total. The summed E-state index contributed by atoms with van der Waals surface area (Å²) in [6.45, 7) is 0.193. The molecule has 0 bridgehead atoms. The van der Waals surface area contributed by atoms with Crippen molar-refractivity contribution in [2.75, 3.05) is 31.6 Å². The highest BCUT2D eigenvalue weighted by Crippen LogP contribution is 2.30. The first kappa shape index (κ1) is 19.8. The van der Waals surface area contributed by atoms with Crippen LogP contribution in [0.1, 0.15) is 24.3 Å². The molecule has 2 fully saturated rings. The van der Waals surface area contributed by atoms with Gasteiger partial charge in [0.2, 0.25) is 0 Å². The maximum Gasteiger partial charge on any atom is 0.322 e. The number of hydrogen-bond acceptors (Lipinski definition) is 4. The van der Waals surface area contributed by atoms with E-state index in [0.717, 1.165) is 41.9 Å². The zero-order chi connectivity index (χ0) is 21.6. The van der Waals surface area contributed by atoms with Gasteiger partial charge in [-0.25, -0.2) is 27.6 Å². The molecule has 10 heteroatoms. The summed E-state index contributed by atoms with van der Waals surface area (Å²) >= 11 is 0. The van der Waals surface area contributed by atoms with Crippen LogP contribution < -0.4 is 5.32 Å². The molecule has 0 aliphatic carbocycles. The Bertz CT molecular complexity index is 1140. The molecule has 4 heterocycles. The van der Waals surface area contributed by atoms with E-state index in [9.17, 15) is 18.0 Å². The lowest BCUT2D eigenvalue weighted by Gasteiger charge is -2.38. The Morgan fingerprint density at radius 1 is 1.19 bits per heavy atom. The molecule has 2 aliphatic rings. The second-order valence-corrected chi connectivity index (χ2v) is 7.95. The van der Waals surface area contributed by atoms with Crippen molar-refractivity contribution in [1.82, 2.24) is 19.7 Å². The maximum atomic E-state index is 14.5. The third-order valence-electron chi connectivity index (χ3n) is 5.65. The van der Waals surface area contributed by atoms with Crippen molar-refractivity contribution in [2.45, 2.75) is 24.7 Å². The molecular weight excluding hydrogens is 411 g/mol. The first-order valence-electron chi connectivity index (χ1n) is 10.0. The minimum Gasteiger partial charge on any atom is -0.381 e. The Morgan fingerprint density at radius 3 is 2.71 bits per heavy atom. The highest BCUT2D eigenvalue weighted by Gasteiger charge is 2.46. The fourth-order valence-corrected chi connectivity index (χ4v) is 3.93. The van der Waals surface area contributed by atoms with Gasteiger partial charge in [0.1, 0.15) is 11.5 Å². The molecule has 1 aromatic carbocycles. The Kier molecular flexibility index (Phi) is 4.81. The highest BCUT2D eigenvalue weighted by atomic mass is 19.3. The average Bonchev–Trinajstić information content (AvgIpc) is 3.17. The minimum absolute atomic E-state index is 0.123. The van der Waals surface area contributed by atoms with Crippen LogP contribution in [0, 0.1) is 5.82 Å². The first-order valence-corrected chi connectivity index (χ1v) is 10.0. The lowest BCUT2D eigenvalue weighted by molar-refractivity contribution is -0.107. The number of alkyl halides is 2. The van der Waals surface area contributed by atoms with Crippen molar-refractivity contribution in [3.8, 4) is 5.69 Å². The van der Waals surface area contributed by atoms with Crippen LogP contribution in [0.15, 0.2) is 36.7 Å². The SMILES string of the molecule is O=C(Nc1ccc(F)c(-n2cc3cc(C4CCOCC4)cnc3n2)c1)N1CC(F)(F)C1. The summed E-state index contributed by atoms with van der Waals surface area (Å²) in [7, 11) is 0. The van der Waals surface area contributed by atoms with Gasteiger partial charge < -0.3 is 15.0 Å². The van der Waals surface area contributed by atoms with E-state index < -0.39 is 30.9 Å². The number of urea groups is 1. The Morgan fingerprint density at radius 2 is 1.97 bits per heavy atom. The zero-order valence-electron chi connectivity index (χ0n) is 16.5. The molecule has 7 nitrogen and oxygen atoms in total. The quantitative estimate of drug-likeness (QED) is 0.682. The van der Waals surface area contributed by atoms with E-state index in [2.05, 4.69) is 15.4 Å². The Balaban J connectivity index is 1.38. The predicted molar refractivity (Wildman–Crippen MR) is 107 cm³/mol. The van der Waals surface area contributed by atoms with Crippen LogP contribution in [-0.4, -0.2) is 57.9 Å². The number of amides is 2. The Hall–Kier alpha value is -3.14. The number of ether oxygens (including phenoxy) is 1. The van der Waals surface area contributed by atoms with Crippen molar-refractivity contribution in [3.63, 3.8) is 0 Å². The van der Waals surface area contributed by atoms with Gasteiger partial charge in [0.25, 0.3) is 5.92 Å². The molecule has 0 radical (unpaired) electrons. The molecule has 3 aromatic rings. The van der Waals surface area contributed by atoms with E-state index in [1.54, 1.807) is 12.4 Å². The molecule has 0 atom stereocenters. The maximum absolute atomic E-state index is 14.5. The van der Waals surface area contributed by atoms with Crippen molar-refractivity contribution < 1.29 is 22.7 Å². The van der Waals surface area contributed by atoms with Gasteiger partial charge in [-0.3, -0.25) is 0 Å². The first-order chi connectivity index (χ1) is 14.9. The van der Waals surface area contributed by atoms with E-state index >= 15 is 0 Å². The van der Waals surface area contributed by atoms with Crippen LogP contribution in [0.4, 0.5) is 23.7 Å². The number of hydrogen-bond donors (Lipinski definition) is 1. The molecule has 2 aliphatic heterocycles. The summed E-state index contributed by atoms with van der Waals surface area (Å²) in [6.07, 6.45) is 5.35. The Labute approximate surface area is 175 Å². The van der Waals surface area contributed by atoms with Crippen LogP contribution >= 0.6 is 0 Å². The number of carbonyl (C=O) groups is 1. The summed E-state index contributed by atoms with van der Waals surface area (Å²) in [5.74, 6) is -3.01. The number of likely N-dealkylation sites (tertiary alicyclic amines) is 1. The van der Waals surface area contributed by atoms with Gasteiger partial charge in [0, 0.05) is 36.7 Å². The second-order valence-electron chi connectivity index (χ2n) is 7.95. The molecule has 2 aromatic heterocycles. The third kappa shape index (κ3) is 3.95. The van der Waals surface area contributed by atoms with Crippen LogP contribution in [0.5, 0.6) is 0 Å². The number of benzene rings is 1. The number of nitrogens with one attached hydrogen (secondary N) is 1. The van der Waals surface area contributed by atoms with Crippen molar-refractivity contribution in [1.29, 1.82) is 0 Å². The molecule has 5 rings (SSSR count). The highest BCUT2D eigenvalue weighted by molar-refractivity contribution is 5.90.